The lowest BCUT2D eigenvalue weighted by atomic mass is 10.2. The van der Waals surface area contributed by atoms with Gasteiger partial charge in [-0.3, -0.25) is 19.9 Å². The first kappa shape index (κ1) is 15.7. The predicted molar refractivity (Wildman–Crippen MR) is 95.6 cm³/mol. The summed E-state index contributed by atoms with van der Waals surface area (Å²) in [6.07, 6.45) is 6.39. The number of hydrogen-bond acceptors (Lipinski definition) is 7. The zero-order valence-electron chi connectivity index (χ0n) is 12.4. The molecule has 9 heteroatoms. The summed E-state index contributed by atoms with van der Waals surface area (Å²) in [5.41, 5.74) is 1.95. The molecule has 0 unspecified atom stereocenters. The van der Waals surface area contributed by atoms with E-state index in [9.17, 15) is 9.59 Å². The summed E-state index contributed by atoms with van der Waals surface area (Å²) in [7, 11) is 0. The lowest BCUT2D eigenvalue weighted by Crippen LogP contribution is -2.17. The van der Waals surface area contributed by atoms with Crippen LogP contribution in [0.25, 0.3) is 17.0 Å². The van der Waals surface area contributed by atoms with Gasteiger partial charge in [-0.05, 0) is 30.0 Å². The summed E-state index contributed by atoms with van der Waals surface area (Å²) in [4.78, 5) is 31.3. The maximum absolute atomic E-state index is 11.6. The van der Waals surface area contributed by atoms with Crippen molar-refractivity contribution in [3.05, 3.63) is 52.6 Å². The molecule has 4 heterocycles. The van der Waals surface area contributed by atoms with E-state index in [1.165, 1.54) is 6.08 Å². The van der Waals surface area contributed by atoms with Gasteiger partial charge in [0.05, 0.1) is 11.1 Å². The van der Waals surface area contributed by atoms with E-state index < -0.39 is 11.1 Å². The molecule has 3 aromatic heterocycles. The van der Waals surface area contributed by atoms with Crippen molar-refractivity contribution in [3.63, 3.8) is 0 Å². The van der Waals surface area contributed by atoms with E-state index >= 15 is 0 Å². The van der Waals surface area contributed by atoms with Crippen LogP contribution >= 0.6 is 23.4 Å². The van der Waals surface area contributed by atoms with Crippen LogP contribution in [0.3, 0.4) is 0 Å². The Kier molecular flexibility index (Phi) is 3.90. The van der Waals surface area contributed by atoms with Crippen LogP contribution in [0.15, 0.2) is 46.1 Å². The fraction of sp³-hybridized carbons (Fsp3) is 0. The summed E-state index contributed by atoms with van der Waals surface area (Å²) in [6.45, 7) is 0. The van der Waals surface area contributed by atoms with Gasteiger partial charge in [-0.25, -0.2) is 4.98 Å². The zero-order valence-corrected chi connectivity index (χ0v) is 14.0. The van der Waals surface area contributed by atoms with Crippen LogP contribution in [0.2, 0.25) is 5.15 Å². The Morgan fingerprint density at radius 3 is 2.92 bits per heavy atom. The van der Waals surface area contributed by atoms with Crippen LogP contribution in [-0.2, 0) is 4.79 Å². The smallest absolute Gasteiger partial charge is 0.290 e. The van der Waals surface area contributed by atoms with Crippen molar-refractivity contribution in [1.82, 2.24) is 15.3 Å². The van der Waals surface area contributed by atoms with Crippen molar-refractivity contribution in [1.29, 1.82) is 0 Å². The first-order valence-electron chi connectivity index (χ1n) is 7.09. The second-order valence-corrected chi connectivity index (χ2v) is 6.50. The van der Waals surface area contributed by atoms with E-state index in [-0.39, 0.29) is 4.91 Å². The second kappa shape index (κ2) is 6.23. The molecule has 2 amide bonds. The average molecular weight is 373 g/mol. The number of rotatable bonds is 3. The highest BCUT2D eigenvalue weighted by Gasteiger charge is 2.25. The lowest BCUT2D eigenvalue weighted by Gasteiger charge is -2.06. The molecule has 0 spiro atoms. The van der Waals surface area contributed by atoms with Gasteiger partial charge in [-0.1, -0.05) is 11.6 Å². The summed E-state index contributed by atoms with van der Waals surface area (Å²) >= 11 is 6.72. The van der Waals surface area contributed by atoms with Gasteiger partial charge < -0.3 is 9.73 Å². The number of thioether (sulfide) groups is 1. The Hall–Kier alpha value is -2.84. The Labute approximate surface area is 150 Å². The van der Waals surface area contributed by atoms with E-state index in [2.05, 4.69) is 20.6 Å². The van der Waals surface area contributed by atoms with Crippen LogP contribution in [-0.4, -0.2) is 21.1 Å². The molecule has 0 aliphatic carbocycles. The number of nitrogens with one attached hydrogen (secondary N) is 2. The largest absolute Gasteiger partial charge is 0.454 e. The summed E-state index contributed by atoms with van der Waals surface area (Å²) in [6, 6.07) is 5.19. The van der Waals surface area contributed by atoms with Crippen LogP contribution in [0.1, 0.15) is 5.76 Å². The SMILES string of the molecule is O=C1NC(=O)/C(=C\c2cc3cncc(Nc4ccnc(Cl)c4)c3o2)S1. The minimum Gasteiger partial charge on any atom is -0.454 e. The van der Waals surface area contributed by atoms with E-state index in [4.69, 9.17) is 16.0 Å². The van der Waals surface area contributed by atoms with Crippen molar-refractivity contribution in [2.45, 2.75) is 0 Å². The number of imide groups is 1. The van der Waals surface area contributed by atoms with E-state index in [1.807, 2.05) is 0 Å². The molecule has 1 fully saturated rings. The van der Waals surface area contributed by atoms with Crippen molar-refractivity contribution in [2.24, 2.45) is 0 Å². The molecular weight excluding hydrogens is 364 g/mol. The molecular formula is C16H9ClN4O3S. The van der Waals surface area contributed by atoms with Crippen LogP contribution in [0.5, 0.6) is 0 Å². The number of carbonyl (C=O) groups is 2. The van der Waals surface area contributed by atoms with Gasteiger partial charge in [0.15, 0.2) is 5.58 Å². The topological polar surface area (TPSA) is 97.1 Å². The van der Waals surface area contributed by atoms with Gasteiger partial charge in [0, 0.05) is 29.5 Å². The van der Waals surface area contributed by atoms with E-state index in [0.717, 1.165) is 22.8 Å². The highest BCUT2D eigenvalue weighted by Crippen LogP contribution is 2.31. The highest BCUT2D eigenvalue weighted by molar-refractivity contribution is 8.18. The van der Waals surface area contributed by atoms with E-state index in [0.29, 0.717) is 22.2 Å². The van der Waals surface area contributed by atoms with Crippen molar-refractivity contribution >= 4 is 62.9 Å². The average Bonchev–Trinajstić information content (AvgIpc) is 3.11. The number of halogens is 1. The number of fused-ring (bicyclic) bond motifs is 1. The molecule has 1 saturated heterocycles. The van der Waals surface area contributed by atoms with E-state index in [1.54, 1.807) is 36.8 Å². The number of carbonyl (C=O) groups excluding carboxylic acids is 2. The minimum atomic E-state index is -0.432. The molecule has 0 saturated carbocycles. The standard InChI is InChI=1S/C16H9ClN4O3S/c17-13-4-9(1-2-19-13)20-11-7-18-6-8-3-10(24-14(8)11)5-12-15(22)21-16(23)25-12/h1-7H,(H,19,20)(H,21,22,23)/b12-5+. The van der Waals surface area contributed by atoms with Crippen molar-refractivity contribution in [3.8, 4) is 0 Å². The monoisotopic (exact) mass is 372 g/mol. The van der Waals surface area contributed by atoms with Gasteiger partial charge in [0.25, 0.3) is 11.1 Å². The first-order chi connectivity index (χ1) is 12.1. The number of furan rings is 1. The molecule has 1 aliphatic heterocycles. The molecule has 25 heavy (non-hydrogen) atoms. The number of pyridine rings is 2. The third kappa shape index (κ3) is 3.21. The predicted octanol–water partition coefficient (Wildman–Crippen LogP) is 3.94. The summed E-state index contributed by atoms with van der Waals surface area (Å²) in [5, 5.41) is 6.10. The molecule has 7 nitrogen and oxygen atoms in total. The molecule has 1 aliphatic rings. The van der Waals surface area contributed by atoms with Gasteiger partial charge in [0.1, 0.15) is 16.6 Å². The molecule has 0 bridgehead atoms. The fourth-order valence-corrected chi connectivity index (χ4v) is 3.16. The quantitative estimate of drug-likeness (QED) is 0.530. The minimum absolute atomic E-state index is 0.285. The summed E-state index contributed by atoms with van der Waals surface area (Å²) < 4.78 is 5.82. The van der Waals surface area contributed by atoms with Gasteiger partial charge >= 0.3 is 0 Å². The number of hydrogen-bond donors (Lipinski definition) is 2. The number of anilines is 2. The van der Waals surface area contributed by atoms with Gasteiger partial charge in [-0.15, -0.1) is 0 Å². The number of nitrogens with zero attached hydrogens (tertiary/aromatic N) is 2. The maximum Gasteiger partial charge on any atom is 0.290 e. The Morgan fingerprint density at radius 1 is 1.28 bits per heavy atom. The van der Waals surface area contributed by atoms with Crippen molar-refractivity contribution in [2.75, 3.05) is 5.32 Å². The fourth-order valence-electron chi connectivity index (χ4n) is 2.33. The Balaban J connectivity index is 1.70. The lowest BCUT2D eigenvalue weighted by molar-refractivity contribution is -0.115. The maximum atomic E-state index is 11.6. The third-order valence-electron chi connectivity index (χ3n) is 3.36. The number of amides is 2. The molecule has 2 N–H and O–H groups in total. The molecule has 4 rings (SSSR count). The Morgan fingerprint density at radius 2 is 2.16 bits per heavy atom. The second-order valence-electron chi connectivity index (χ2n) is 5.10. The van der Waals surface area contributed by atoms with Crippen LogP contribution < -0.4 is 10.6 Å². The van der Waals surface area contributed by atoms with Crippen LogP contribution in [0.4, 0.5) is 16.2 Å². The van der Waals surface area contributed by atoms with Crippen molar-refractivity contribution < 1.29 is 14.0 Å². The van der Waals surface area contributed by atoms with Gasteiger partial charge in [-0.2, -0.15) is 0 Å². The van der Waals surface area contributed by atoms with Crippen LogP contribution in [0, 0.1) is 0 Å². The molecule has 0 aromatic carbocycles. The number of aromatic nitrogens is 2. The van der Waals surface area contributed by atoms with Gasteiger partial charge in [0.2, 0.25) is 0 Å². The summed E-state index contributed by atoms with van der Waals surface area (Å²) in [5.74, 6) is 0.0181. The molecule has 3 aromatic rings. The highest BCUT2D eigenvalue weighted by atomic mass is 35.5. The molecule has 124 valence electrons. The normalized spacial score (nSPS) is 15.8. The first-order valence-corrected chi connectivity index (χ1v) is 8.29. The Bertz CT molecular complexity index is 1050. The molecule has 0 radical (unpaired) electrons. The zero-order chi connectivity index (χ0) is 17.4. The third-order valence-corrected chi connectivity index (χ3v) is 4.38. The molecule has 0 atom stereocenters.